The first kappa shape index (κ1) is 17.5. The molecule has 0 aromatic heterocycles. The molecule has 1 heterocycles. The zero-order chi connectivity index (χ0) is 16.9. The molecule has 1 aliphatic carbocycles. The zero-order valence-electron chi connectivity index (χ0n) is 15.4. The molecule has 1 aromatic rings. The number of unbranched alkanes of at least 4 members (excludes halogenated alkanes) is 2. The molecule has 0 radical (unpaired) electrons. The molecule has 0 saturated heterocycles. The van der Waals surface area contributed by atoms with Crippen LogP contribution in [0, 0.1) is 5.92 Å². The van der Waals surface area contributed by atoms with E-state index in [1.54, 1.807) is 0 Å². The second-order valence-electron chi connectivity index (χ2n) is 7.77. The fraction of sp³-hybridized carbons (Fsp3) is 0.682. The van der Waals surface area contributed by atoms with Gasteiger partial charge < -0.3 is 4.74 Å². The van der Waals surface area contributed by atoms with E-state index in [0.717, 1.165) is 24.3 Å². The second-order valence-corrected chi connectivity index (χ2v) is 7.77. The summed E-state index contributed by atoms with van der Waals surface area (Å²) in [6.07, 6.45) is 12.6. The van der Waals surface area contributed by atoms with Crippen LogP contribution in [0.25, 0.3) is 0 Å². The summed E-state index contributed by atoms with van der Waals surface area (Å²) in [4.78, 5) is 12.3. The van der Waals surface area contributed by atoms with Gasteiger partial charge in [0.2, 0.25) is 0 Å². The summed E-state index contributed by atoms with van der Waals surface area (Å²) in [6.45, 7) is 4.36. The van der Waals surface area contributed by atoms with Crippen molar-refractivity contribution in [1.29, 1.82) is 0 Å². The number of carbonyl (C=O) groups is 1. The van der Waals surface area contributed by atoms with E-state index in [4.69, 9.17) is 4.74 Å². The third-order valence-electron chi connectivity index (χ3n) is 6.06. The van der Waals surface area contributed by atoms with Crippen molar-refractivity contribution in [3.05, 3.63) is 34.9 Å². The van der Waals surface area contributed by atoms with Gasteiger partial charge in [-0.1, -0.05) is 51.7 Å². The third kappa shape index (κ3) is 4.02. The topological polar surface area (TPSA) is 26.3 Å². The summed E-state index contributed by atoms with van der Waals surface area (Å²) in [5, 5.41) is 0. The molecule has 1 aromatic carbocycles. The van der Waals surface area contributed by atoms with Crippen LogP contribution in [0.15, 0.2) is 18.2 Å². The van der Waals surface area contributed by atoms with Crippen molar-refractivity contribution in [1.82, 2.24) is 0 Å². The van der Waals surface area contributed by atoms with E-state index in [0.29, 0.717) is 5.92 Å². The van der Waals surface area contributed by atoms with Crippen LogP contribution in [-0.2, 0) is 11.2 Å². The maximum atomic E-state index is 12.3. The van der Waals surface area contributed by atoms with Gasteiger partial charge in [-0.25, -0.2) is 4.79 Å². The van der Waals surface area contributed by atoms with Crippen LogP contribution in [0.1, 0.15) is 99.0 Å². The number of ether oxygens (including phenoxy) is 1. The standard InChI is InChI=1S/C22H32O2/c1-3-5-6-7-16-8-10-17(11-9-16)18-12-13-19-14-20(4-2)24-22(23)21(19)15-18/h12-13,15-17,20H,3-11,14H2,1-2H3. The number of hydrogen-bond donors (Lipinski definition) is 0. The number of cyclic esters (lactones) is 1. The molecule has 1 saturated carbocycles. The first-order chi connectivity index (χ1) is 11.7. The van der Waals surface area contributed by atoms with Crippen molar-refractivity contribution >= 4 is 5.97 Å². The summed E-state index contributed by atoms with van der Waals surface area (Å²) in [7, 11) is 0. The SMILES string of the molecule is CCCCCC1CCC(c2ccc3c(c2)C(=O)OC(CC)C3)CC1. The minimum Gasteiger partial charge on any atom is -0.458 e. The third-order valence-corrected chi connectivity index (χ3v) is 6.06. The lowest BCUT2D eigenvalue weighted by Crippen LogP contribution is -2.27. The van der Waals surface area contributed by atoms with Gasteiger partial charge in [-0.05, 0) is 61.1 Å². The number of benzene rings is 1. The Bertz CT molecular complexity index is 555. The average molecular weight is 328 g/mol. The van der Waals surface area contributed by atoms with Crippen LogP contribution in [0.3, 0.4) is 0 Å². The molecule has 1 aliphatic heterocycles. The van der Waals surface area contributed by atoms with Gasteiger partial charge in [-0.3, -0.25) is 0 Å². The predicted molar refractivity (Wildman–Crippen MR) is 98.5 cm³/mol. The van der Waals surface area contributed by atoms with Crippen molar-refractivity contribution < 1.29 is 9.53 Å². The van der Waals surface area contributed by atoms with Crippen LogP contribution in [0.5, 0.6) is 0 Å². The molecular weight excluding hydrogens is 296 g/mol. The van der Waals surface area contributed by atoms with Crippen molar-refractivity contribution in [3.8, 4) is 0 Å². The molecule has 132 valence electrons. The Balaban J connectivity index is 1.61. The van der Waals surface area contributed by atoms with E-state index in [2.05, 4.69) is 32.0 Å². The summed E-state index contributed by atoms with van der Waals surface area (Å²) >= 11 is 0. The summed E-state index contributed by atoms with van der Waals surface area (Å²) in [5.74, 6) is 1.45. The molecule has 0 N–H and O–H groups in total. The second kappa shape index (κ2) is 8.18. The van der Waals surface area contributed by atoms with E-state index < -0.39 is 0 Å². The first-order valence-electron chi connectivity index (χ1n) is 10.0. The molecule has 0 amide bonds. The Morgan fingerprint density at radius 3 is 2.58 bits per heavy atom. The molecule has 1 unspecified atom stereocenters. The van der Waals surface area contributed by atoms with Gasteiger partial charge in [0.1, 0.15) is 6.10 Å². The molecule has 0 spiro atoms. The lowest BCUT2D eigenvalue weighted by atomic mass is 9.76. The minimum absolute atomic E-state index is 0.0643. The molecule has 24 heavy (non-hydrogen) atoms. The van der Waals surface area contributed by atoms with Crippen molar-refractivity contribution in [3.63, 3.8) is 0 Å². The summed E-state index contributed by atoms with van der Waals surface area (Å²) < 4.78 is 5.54. The number of hydrogen-bond acceptors (Lipinski definition) is 2. The molecule has 1 atom stereocenters. The predicted octanol–water partition coefficient (Wildman–Crippen LogP) is 6.03. The maximum Gasteiger partial charge on any atom is 0.338 e. The van der Waals surface area contributed by atoms with Crippen LogP contribution in [0.4, 0.5) is 0 Å². The summed E-state index contributed by atoms with van der Waals surface area (Å²) in [5.41, 5.74) is 3.35. The molecular formula is C22H32O2. The Labute approximate surface area is 147 Å². The van der Waals surface area contributed by atoms with Crippen molar-refractivity contribution in [2.24, 2.45) is 5.92 Å². The molecule has 2 nitrogen and oxygen atoms in total. The van der Waals surface area contributed by atoms with Crippen molar-refractivity contribution in [2.45, 2.75) is 90.1 Å². The largest absolute Gasteiger partial charge is 0.458 e. The highest BCUT2D eigenvalue weighted by Crippen LogP contribution is 2.38. The zero-order valence-corrected chi connectivity index (χ0v) is 15.4. The first-order valence-corrected chi connectivity index (χ1v) is 10.0. The van der Waals surface area contributed by atoms with E-state index >= 15 is 0 Å². The van der Waals surface area contributed by atoms with Gasteiger partial charge in [0.15, 0.2) is 0 Å². The van der Waals surface area contributed by atoms with Gasteiger partial charge in [0, 0.05) is 6.42 Å². The molecule has 3 rings (SSSR count). The van der Waals surface area contributed by atoms with Gasteiger partial charge >= 0.3 is 5.97 Å². The number of esters is 1. The monoisotopic (exact) mass is 328 g/mol. The molecule has 0 bridgehead atoms. The Morgan fingerprint density at radius 2 is 1.88 bits per heavy atom. The maximum absolute atomic E-state index is 12.3. The van der Waals surface area contributed by atoms with Gasteiger partial charge in [0.25, 0.3) is 0 Å². The lowest BCUT2D eigenvalue weighted by Gasteiger charge is -2.30. The lowest BCUT2D eigenvalue weighted by molar-refractivity contribution is 0.0249. The normalized spacial score (nSPS) is 26.8. The van der Waals surface area contributed by atoms with E-state index in [9.17, 15) is 4.79 Å². The van der Waals surface area contributed by atoms with Gasteiger partial charge in [-0.15, -0.1) is 0 Å². The van der Waals surface area contributed by atoms with E-state index in [1.165, 1.54) is 62.5 Å². The fourth-order valence-electron chi connectivity index (χ4n) is 4.41. The van der Waals surface area contributed by atoms with E-state index in [-0.39, 0.29) is 12.1 Å². The van der Waals surface area contributed by atoms with Crippen LogP contribution < -0.4 is 0 Å². The quantitative estimate of drug-likeness (QED) is 0.470. The van der Waals surface area contributed by atoms with Crippen LogP contribution in [0.2, 0.25) is 0 Å². The van der Waals surface area contributed by atoms with Crippen LogP contribution >= 0.6 is 0 Å². The van der Waals surface area contributed by atoms with Gasteiger partial charge in [-0.2, -0.15) is 0 Å². The minimum atomic E-state index is -0.113. The highest BCUT2D eigenvalue weighted by molar-refractivity contribution is 5.92. The number of fused-ring (bicyclic) bond motifs is 1. The fourth-order valence-corrected chi connectivity index (χ4v) is 4.41. The Morgan fingerprint density at radius 1 is 1.08 bits per heavy atom. The Hall–Kier alpha value is -1.31. The average Bonchev–Trinajstić information content (AvgIpc) is 2.62. The molecule has 2 heteroatoms. The number of rotatable bonds is 6. The smallest absolute Gasteiger partial charge is 0.338 e. The van der Waals surface area contributed by atoms with Crippen molar-refractivity contribution in [2.75, 3.05) is 0 Å². The van der Waals surface area contributed by atoms with Crippen LogP contribution in [-0.4, -0.2) is 12.1 Å². The number of carbonyl (C=O) groups excluding carboxylic acids is 1. The van der Waals surface area contributed by atoms with Gasteiger partial charge in [0.05, 0.1) is 5.56 Å². The Kier molecular flexibility index (Phi) is 5.97. The summed E-state index contributed by atoms with van der Waals surface area (Å²) in [6, 6.07) is 6.58. The van der Waals surface area contributed by atoms with E-state index in [1.807, 2.05) is 0 Å². The highest BCUT2D eigenvalue weighted by atomic mass is 16.5. The highest BCUT2D eigenvalue weighted by Gasteiger charge is 2.27. The molecule has 1 fully saturated rings. The molecule has 2 aliphatic rings.